The van der Waals surface area contributed by atoms with E-state index in [1.165, 1.54) is 16.7 Å². The van der Waals surface area contributed by atoms with Crippen molar-refractivity contribution in [3.05, 3.63) is 31.9 Å². The molecule has 0 atom stereocenters. The molecule has 3 heterocycles. The van der Waals surface area contributed by atoms with Crippen LogP contribution in [0.25, 0.3) is 6.08 Å². The Morgan fingerprint density at radius 3 is 2.45 bits per heavy atom. The fraction of sp³-hybridized carbons (Fsp3) is 0.565. The molecular formula is C23H31N5O3S2. The summed E-state index contributed by atoms with van der Waals surface area (Å²) in [5.41, 5.74) is 1.21. The van der Waals surface area contributed by atoms with Gasteiger partial charge in [0.25, 0.3) is 11.5 Å². The van der Waals surface area contributed by atoms with Crippen molar-refractivity contribution >= 4 is 46.1 Å². The van der Waals surface area contributed by atoms with Crippen molar-refractivity contribution in [1.82, 2.24) is 14.4 Å². The average Bonchev–Trinajstić information content (AvgIpc) is 3.08. The van der Waals surface area contributed by atoms with Gasteiger partial charge in [0.15, 0.2) is 0 Å². The molecule has 1 amide bonds. The van der Waals surface area contributed by atoms with Gasteiger partial charge in [-0.15, -0.1) is 0 Å². The van der Waals surface area contributed by atoms with Crippen LogP contribution in [0, 0.1) is 18.3 Å². The summed E-state index contributed by atoms with van der Waals surface area (Å²) in [5, 5.41) is 9.76. The van der Waals surface area contributed by atoms with Crippen molar-refractivity contribution in [3.63, 3.8) is 0 Å². The number of methoxy groups -OCH3 is 1. The Morgan fingerprint density at radius 1 is 1.18 bits per heavy atom. The van der Waals surface area contributed by atoms with Crippen LogP contribution in [0.15, 0.2) is 9.70 Å². The highest BCUT2D eigenvalue weighted by atomic mass is 32.2. The Labute approximate surface area is 204 Å². The number of hydrogen-bond donors (Lipinski definition) is 0. The first-order valence-electron chi connectivity index (χ1n) is 11.3. The minimum Gasteiger partial charge on any atom is -0.383 e. The lowest BCUT2D eigenvalue weighted by molar-refractivity contribution is -0.122. The molecule has 0 aliphatic carbocycles. The number of thioether (sulfide) groups is 1. The maximum absolute atomic E-state index is 13.2. The lowest BCUT2D eigenvalue weighted by Crippen LogP contribution is -2.48. The molecule has 0 aromatic carbocycles. The summed E-state index contributed by atoms with van der Waals surface area (Å²) in [5.74, 6) is 0.617. The van der Waals surface area contributed by atoms with E-state index in [2.05, 4.69) is 22.8 Å². The van der Waals surface area contributed by atoms with E-state index in [-0.39, 0.29) is 17.0 Å². The lowest BCUT2D eigenvalue weighted by Gasteiger charge is -2.37. The van der Waals surface area contributed by atoms with Crippen LogP contribution >= 0.6 is 24.0 Å². The molecule has 2 fully saturated rings. The molecule has 10 heteroatoms. The number of aromatic nitrogens is 1. The van der Waals surface area contributed by atoms with E-state index in [0.717, 1.165) is 50.5 Å². The van der Waals surface area contributed by atoms with Gasteiger partial charge >= 0.3 is 0 Å². The largest absolute Gasteiger partial charge is 0.383 e. The van der Waals surface area contributed by atoms with Crippen LogP contribution in [0.3, 0.4) is 0 Å². The summed E-state index contributed by atoms with van der Waals surface area (Å²) in [6.45, 7) is 11.6. The third-order valence-corrected chi connectivity index (χ3v) is 7.46. The van der Waals surface area contributed by atoms with Crippen molar-refractivity contribution in [2.24, 2.45) is 0 Å². The third-order valence-electron chi connectivity index (χ3n) is 6.08. The minimum absolute atomic E-state index is 0.125. The van der Waals surface area contributed by atoms with E-state index in [4.69, 9.17) is 17.0 Å². The predicted octanol–water partition coefficient (Wildman–Crippen LogP) is 2.43. The van der Waals surface area contributed by atoms with E-state index >= 15 is 0 Å². The van der Waals surface area contributed by atoms with E-state index in [9.17, 15) is 14.9 Å². The first kappa shape index (κ1) is 25.4. The normalized spacial score (nSPS) is 18.5. The van der Waals surface area contributed by atoms with Gasteiger partial charge in [-0.2, -0.15) is 5.26 Å². The number of carbonyl (C=O) groups excluding carboxylic acids is 1. The van der Waals surface area contributed by atoms with Gasteiger partial charge in [0.05, 0.1) is 18.1 Å². The van der Waals surface area contributed by atoms with Gasteiger partial charge in [-0.3, -0.25) is 19.1 Å². The molecule has 0 saturated carbocycles. The van der Waals surface area contributed by atoms with Crippen molar-refractivity contribution < 1.29 is 9.53 Å². The van der Waals surface area contributed by atoms with Crippen molar-refractivity contribution in [1.29, 1.82) is 5.26 Å². The van der Waals surface area contributed by atoms with Gasteiger partial charge in [0.1, 0.15) is 21.8 Å². The van der Waals surface area contributed by atoms with Crippen LogP contribution in [-0.4, -0.2) is 77.6 Å². The molecule has 3 rings (SSSR count). The Morgan fingerprint density at radius 2 is 1.88 bits per heavy atom. The third kappa shape index (κ3) is 5.17. The Hall–Kier alpha value is -2.19. The molecule has 2 aliphatic heterocycles. The molecule has 0 bridgehead atoms. The zero-order chi connectivity index (χ0) is 24.1. The van der Waals surface area contributed by atoms with Crippen LogP contribution in [0.5, 0.6) is 0 Å². The maximum atomic E-state index is 13.2. The molecule has 1 aromatic rings. The number of likely N-dealkylation sites (N-methyl/N-ethyl adjacent to an activating group) is 1. The molecule has 8 nitrogen and oxygen atoms in total. The Balaban J connectivity index is 2.16. The molecule has 0 radical (unpaired) electrons. The smallest absolute Gasteiger partial charge is 0.270 e. The molecule has 1 aromatic heterocycles. The van der Waals surface area contributed by atoms with Crippen LogP contribution in [-0.2, 0) is 16.1 Å². The van der Waals surface area contributed by atoms with Gasteiger partial charge < -0.3 is 14.5 Å². The second-order valence-corrected chi connectivity index (χ2v) is 9.73. The predicted molar refractivity (Wildman–Crippen MR) is 137 cm³/mol. The second kappa shape index (κ2) is 11.3. The van der Waals surface area contributed by atoms with Gasteiger partial charge in [-0.05, 0) is 31.5 Å². The van der Waals surface area contributed by atoms with E-state index < -0.39 is 0 Å². The molecule has 33 heavy (non-hydrogen) atoms. The fourth-order valence-electron chi connectivity index (χ4n) is 4.20. The molecule has 0 N–H and O–H groups in total. The van der Waals surface area contributed by atoms with Crippen LogP contribution in [0.2, 0.25) is 0 Å². The van der Waals surface area contributed by atoms with Crippen molar-refractivity contribution in [2.45, 2.75) is 33.7 Å². The fourth-order valence-corrected chi connectivity index (χ4v) is 5.49. The minimum atomic E-state index is -0.269. The topological polar surface area (TPSA) is 81.8 Å². The number of carbonyl (C=O) groups is 1. The Kier molecular flexibility index (Phi) is 8.70. The number of nitriles is 1. The van der Waals surface area contributed by atoms with Gasteiger partial charge in [-0.25, -0.2) is 0 Å². The SMILES string of the molecule is CCCn1c(N2CCN(CC)CC2)c(C=C2SC(=S)N(CCOC)C2=O)c(C)c(C#N)c1=O. The number of nitrogens with zero attached hydrogens (tertiary/aromatic N) is 5. The van der Waals surface area contributed by atoms with E-state index in [0.29, 0.717) is 34.5 Å². The van der Waals surface area contributed by atoms with E-state index in [1.807, 2.05) is 13.0 Å². The number of amides is 1. The highest BCUT2D eigenvalue weighted by Gasteiger charge is 2.33. The summed E-state index contributed by atoms with van der Waals surface area (Å²) in [6, 6.07) is 2.10. The lowest BCUT2D eigenvalue weighted by atomic mass is 10.0. The average molecular weight is 490 g/mol. The molecule has 2 saturated heterocycles. The van der Waals surface area contributed by atoms with Crippen LogP contribution < -0.4 is 10.5 Å². The first-order valence-corrected chi connectivity index (χ1v) is 12.5. The number of hydrogen-bond acceptors (Lipinski definition) is 8. The number of anilines is 1. The highest BCUT2D eigenvalue weighted by molar-refractivity contribution is 8.26. The molecule has 0 unspecified atom stereocenters. The molecule has 178 valence electrons. The van der Waals surface area contributed by atoms with Gasteiger partial charge in [-0.1, -0.05) is 37.8 Å². The highest BCUT2D eigenvalue weighted by Crippen LogP contribution is 2.36. The number of piperazine rings is 1. The summed E-state index contributed by atoms with van der Waals surface area (Å²) < 4.78 is 7.31. The zero-order valence-corrected chi connectivity index (χ0v) is 21.4. The van der Waals surface area contributed by atoms with Crippen molar-refractivity contribution in [2.75, 3.05) is 57.9 Å². The maximum Gasteiger partial charge on any atom is 0.270 e. The Bertz CT molecular complexity index is 1050. The number of pyridine rings is 1. The zero-order valence-electron chi connectivity index (χ0n) is 19.7. The summed E-state index contributed by atoms with van der Waals surface area (Å²) >= 11 is 6.67. The van der Waals surface area contributed by atoms with Crippen molar-refractivity contribution in [3.8, 4) is 6.07 Å². The summed E-state index contributed by atoms with van der Waals surface area (Å²) in [6.07, 6.45) is 2.57. The summed E-state index contributed by atoms with van der Waals surface area (Å²) in [4.78, 5) is 32.9. The van der Waals surface area contributed by atoms with Crippen LogP contribution in [0.4, 0.5) is 5.82 Å². The summed E-state index contributed by atoms with van der Waals surface area (Å²) in [7, 11) is 1.59. The molecule has 0 spiro atoms. The monoisotopic (exact) mass is 489 g/mol. The second-order valence-electron chi connectivity index (χ2n) is 8.05. The molecule has 2 aliphatic rings. The van der Waals surface area contributed by atoms with Crippen LogP contribution in [0.1, 0.15) is 37.0 Å². The first-order chi connectivity index (χ1) is 15.9. The van der Waals surface area contributed by atoms with Gasteiger partial charge in [0.2, 0.25) is 0 Å². The quantitative estimate of drug-likeness (QED) is 0.407. The molecular weight excluding hydrogens is 458 g/mol. The standard InChI is InChI=1S/C23H31N5O3S2/c1-5-7-27-20(26-10-8-25(6-2)9-11-26)17(16(3)18(15-24)21(27)29)14-19-22(30)28(12-13-31-4)23(32)33-19/h14H,5-13H2,1-4H3. The number of ether oxygens (including phenoxy) is 1. The van der Waals surface area contributed by atoms with Gasteiger partial charge in [0, 0.05) is 45.4 Å². The number of rotatable bonds is 8. The van der Waals surface area contributed by atoms with E-state index in [1.54, 1.807) is 18.6 Å². The number of thiocarbonyl (C=S) groups is 1.